The lowest BCUT2D eigenvalue weighted by atomic mass is 9.78. The number of methoxy groups -OCH3 is 1. The SMILES string of the molecule is COC(=O)C1=C(C)Nc2nc3c(c(N)c2C1c1cccc([N+](=O)[O-])c1)CCCC3C. The number of nitrogens with one attached hydrogen (secondary N) is 1. The molecule has 156 valence electrons. The monoisotopic (exact) mass is 408 g/mol. The molecule has 0 amide bonds. The molecule has 4 rings (SSSR count). The van der Waals surface area contributed by atoms with Gasteiger partial charge in [-0.25, -0.2) is 9.78 Å². The summed E-state index contributed by atoms with van der Waals surface area (Å²) in [5.41, 5.74) is 11.5. The van der Waals surface area contributed by atoms with Gasteiger partial charge in [0.05, 0.1) is 23.3 Å². The Balaban J connectivity index is 2.00. The second kappa shape index (κ2) is 7.44. The minimum Gasteiger partial charge on any atom is -0.466 e. The van der Waals surface area contributed by atoms with Gasteiger partial charge in [-0.15, -0.1) is 0 Å². The van der Waals surface area contributed by atoms with E-state index in [2.05, 4.69) is 12.2 Å². The highest BCUT2D eigenvalue weighted by molar-refractivity contribution is 5.95. The van der Waals surface area contributed by atoms with Crippen molar-refractivity contribution in [1.29, 1.82) is 0 Å². The van der Waals surface area contributed by atoms with Gasteiger partial charge in [0.15, 0.2) is 0 Å². The van der Waals surface area contributed by atoms with Crippen molar-refractivity contribution in [3.8, 4) is 0 Å². The van der Waals surface area contributed by atoms with Crippen LogP contribution in [-0.2, 0) is 16.0 Å². The molecular weight excluding hydrogens is 384 g/mol. The number of nitrogens with zero attached hydrogens (tertiary/aromatic N) is 2. The molecule has 8 nitrogen and oxygen atoms in total. The van der Waals surface area contributed by atoms with Crippen molar-refractivity contribution in [2.45, 2.75) is 44.9 Å². The number of nitrogens with two attached hydrogens (primary N) is 1. The number of allylic oxidation sites excluding steroid dienone is 1. The molecule has 2 unspecified atom stereocenters. The van der Waals surface area contributed by atoms with Crippen molar-refractivity contribution in [3.05, 3.63) is 68.0 Å². The number of rotatable bonds is 3. The van der Waals surface area contributed by atoms with Crippen LogP contribution in [0.15, 0.2) is 35.5 Å². The first-order valence-corrected chi connectivity index (χ1v) is 9.96. The Morgan fingerprint density at radius 3 is 2.87 bits per heavy atom. The summed E-state index contributed by atoms with van der Waals surface area (Å²) in [6.45, 7) is 3.92. The molecule has 3 N–H and O–H groups in total. The molecule has 0 radical (unpaired) electrons. The Labute approximate surface area is 174 Å². The minimum absolute atomic E-state index is 0.0486. The first-order valence-electron chi connectivity index (χ1n) is 9.96. The molecular formula is C22H24N4O4. The number of ether oxygens (including phenoxy) is 1. The zero-order valence-electron chi connectivity index (χ0n) is 17.2. The summed E-state index contributed by atoms with van der Waals surface area (Å²) in [5.74, 6) is -0.219. The van der Waals surface area contributed by atoms with Crippen LogP contribution in [0.4, 0.5) is 17.2 Å². The van der Waals surface area contributed by atoms with Crippen LogP contribution in [0.1, 0.15) is 60.9 Å². The topological polar surface area (TPSA) is 120 Å². The fourth-order valence-corrected chi connectivity index (χ4v) is 4.59. The Bertz CT molecular complexity index is 1090. The maximum atomic E-state index is 12.7. The quantitative estimate of drug-likeness (QED) is 0.447. The average Bonchev–Trinajstić information content (AvgIpc) is 2.73. The Morgan fingerprint density at radius 1 is 1.40 bits per heavy atom. The van der Waals surface area contributed by atoms with Crippen molar-refractivity contribution >= 4 is 23.2 Å². The lowest BCUT2D eigenvalue weighted by Gasteiger charge is -2.33. The number of fused-ring (bicyclic) bond motifs is 2. The van der Waals surface area contributed by atoms with Crippen LogP contribution in [0.5, 0.6) is 0 Å². The fraction of sp³-hybridized carbons (Fsp3) is 0.364. The number of non-ortho nitro benzene ring substituents is 1. The zero-order chi connectivity index (χ0) is 21.6. The largest absolute Gasteiger partial charge is 0.466 e. The van der Waals surface area contributed by atoms with Crippen LogP contribution >= 0.6 is 0 Å². The maximum absolute atomic E-state index is 12.7. The van der Waals surface area contributed by atoms with Crippen molar-refractivity contribution in [3.63, 3.8) is 0 Å². The number of esters is 1. The second-order valence-corrected chi connectivity index (χ2v) is 7.89. The first kappa shape index (κ1) is 19.9. The van der Waals surface area contributed by atoms with E-state index in [1.807, 2.05) is 0 Å². The molecule has 0 saturated carbocycles. The molecule has 0 saturated heterocycles. The third kappa shape index (κ3) is 3.08. The van der Waals surface area contributed by atoms with Crippen LogP contribution < -0.4 is 11.1 Å². The van der Waals surface area contributed by atoms with E-state index >= 15 is 0 Å². The summed E-state index contributed by atoms with van der Waals surface area (Å²) in [7, 11) is 1.32. The number of nitro groups is 1. The van der Waals surface area contributed by atoms with Gasteiger partial charge in [-0.1, -0.05) is 19.1 Å². The van der Waals surface area contributed by atoms with Gasteiger partial charge in [0.25, 0.3) is 5.69 Å². The highest BCUT2D eigenvalue weighted by Gasteiger charge is 2.38. The second-order valence-electron chi connectivity index (χ2n) is 7.89. The number of nitrogen functional groups attached to an aromatic ring is 1. The van der Waals surface area contributed by atoms with Crippen LogP contribution in [0, 0.1) is 10.1 Å². The van der Waals surface area contributed by atoms with E-state index in [1.165, 1.54) is 19.2 Å². The van der Waals surface area contributed by atoms with Crippen molar-refractivity contribution in [2.75, 3.05) is 18.2 Å². The number of hydrogen-bond donors (Lipinski definition) is 2. The predicted octanol–water partition coefficient (Wildman–Crippen LogP) is 4.02. The number of pyridine rings is 1. The van der Waals surface area contributed by atoms with Crippen LogP contribution in [0.3, 0.4) is 0 Å². The summed E-state index contributed by atoms with van der Waals surface area (Å²) in [6, 6.07) is 6.29. The number of hydrogen-bond acceptors (Lipinski definition) is 7. The molecule has 1 aromatic carbocycles. The van der Waals surface area contributed by atoms with E-state index in [9.17, 15) is 14.9 Å². The summed E-state index contributed by atoms with van der Waals surface area (Å²) < 4.78 is 5.04. The molecule has 0 spiro atoms. The molecule has 1 aliphatic heterocycles. The van der Waals surface area contributed by atoms with Crippen molar-refractivity contribution in [2.24, 2.45) is 0 Å². The Morgan fingerprint density at radius 2 is 2.17 bits per heavy atom. The fourth-order valence-electron chi connectivity index (χ4n) is 4.59. The summed E-state index contributed by atoms with van der Waals surface area (Å²) in [6.07, 6.45) is 2.89. The highest BCUT2D eigenvalue weighted by atomic mass is 16.6. The third-order valence-electron chi connectivity index (χ3n) is 6.05. The molecule has 0 bridgehead atoms. The lowest BCUT2D eigenvalue weighted by molar-refractivity contribution is -0.384. The Hall–Kier alpha value is -3.42. The van der Waals surface area contributed by atoms with E-state index in [4.69, 9.17) is 15.5 Å². The normalized spacial score (nSPS) is 20.1. The summed E-state index contributed by atoms with van der Waals surface area (Å²) in [5, 5.41) is 14.6. The van der Waals surface area contributed by atoms with Crippen LogP contribution in [-0.4, -0.2) is 23.0 Å². The van der Waals surface area contributed by atoms with Gasteiger partial charge in [-0.2, -0.15) is 0 Å². The molecule has 2 aliphatic rings. The van der Waals surface area contributed by atoms with Crippen molar-refractivity contribution < 1.29 is 14.5 Å². The van der Waals surface area contributed by atoms with E-state index in [-0.39, 0.29) is 5.69 Å². The number of carbonyl (C=O) groups excluding carboxylic acids is 1. The minimum atomic E-state index is -0.608. The van der Waals surface area contributed by atoms with Gasteiger partial charge in [0.1, 0.15) is 5.82 Å². The molecule has 2 heterocycles. The van der Waals surface area contributed by atoms with Crippen molar-refractivity contribution in [1.82, 2.24) is 4.98 Å². The van der Waals surface area contributed by atoms with Gasteiger partial charge in [-0.3, -0.25) is 10.1 Å². The van der Waals surface area contributed by atoms with Gasteiger partial charge >= 0.3 is 5.97 Å². The van der Waals surface area contributed by atoms with Gasteiger partial charge in [0, 0.05) is 35.0 Å². The summed E-state index contributed by atoms with van der Waals surface area (Å²) in [4.78, 5) is 28.5. The standard InChI is InChI=1S/C22H24N4O4/c1-11-6-4-9-15-19(23)18-17(13-7-5-8-14(10-13)26(28)29)16(22(27)30-3)12(2)24-21(18)25-20(11)15/h5,7-8,10-11,17H,4,6,9H2,1-3H3,(H3,23,24,25). The smallest absolute Gasteiger partial charge is 0.336 e. The summed E-state index contributed by atoms with van der Waals surface area (Å²) >= 11 is 0. The molecule has 1 aromatic heterocycles. The molecule has 2 aromatic rings. The van der Waals surface area contributed by atoms with Crippen LogP contribution in [0.25, 0.3) is 0 Å². The zero-order valence-corrected chi connectivity index (χ0v) is 17.2. The average molecular weight is 408 g/mol. The number of aromatic nitrogens is 1. The number of carbonyl (C=O) groups is 1. The predicted molar refractivity (Wildman–Crippen MR) is 113 cm³/mol. The number of anilines is 2. The van der Waals surface area contributed by atoms with E-state index < -0.39 is 16.8 Å². The van der Waals surface area contributed by atoms with E-state index in [0.717, 1.165) is 30.5 Å². The molecule has 0 fully saturated rings. The van der Waals surface area contributed by atoms with E-state index in [1.54, 1.807) is 19.1 Å². The van der Waals surface area contributed by atoms with Gasteiger partial charge in [-0.05, 0) is 43.2 Å². The molecule has 30 heavy (non-hydrogen) atoms. The molecule has 8 heteroatoms. The van der Waals surface area contributed by atoms with E-state index in [0.29, 0.717) is 39.8 Å². The number of benzene rings is 1. The molecule has 1 aliphatic carbocycles. The molecule has 2 atom stereocenters. The van der Waals surface area contributed by atoms with Gasteiger partial charge < -0.3 is 15.8 Å². The highest BCUT2D eigenvalue weighted by Crippen LogP contribution is 2.48. The number of nitro benzene ring substituents is 1. The van der Waals surface area contributed by atoms with Gasteiger partial charge in [0.2, 0.25) is 0 Å². The van der Waals surface area contributed by atoms with Crippen LogP contribution in [0.2, 0.25) is 0 Å². The first-order chi connectivity index (χ1) is 14.3. The maximum Gasteiger partial charge on any atom is 0.336 e. The third-order valence-corrected chi connectivity index (χ3v) is 6.05. The Kier molecular flexibility index (Phi) is 4.93. The lowest BCUT2D eigenvalue weighted by Crippen LogP contribution is -2.27.